The summed E-state index contributed by atoms with van der Waals surface area (Å²) in [5, 5.41) is 7.50. The highest BCUT2D eigenvalue weighted by atomic mass is 16.4. The number of unbranched alkanes of at least 4 members (excludes halogenated alkanes) is 1. The van der Waals surface area contributed by atoms with E-state index in [1.165, 1.54) is 11.8 Å². The number of carbonyl (C=O) groups excluding carboxylic acids is 1. The van der Waals surface area contributed by atoms with E-state index in [0.717, 1.165) is 12.8 Å². The van der Waals surface area contributed by atoms with Gasteiger partial charge >= 0.3 is 6.01 Å². The van der Waals surface area contributed by atoms with E-state index in [2.05, 4.69) is 17.1 Å². The van der Waals surface area contributed by atoms with Gasteiger partial charge in [-0.15, -0.1) is 5.10 Å². The third-order valence-corrected chi connectivity index (χ3v) is 1.86. The largest absolute Gasteiger partial charge is 0.408 e. The number of nitrogens with zero attached hydrogens (tertiary/aromatic N) is 3. The second-order valence-corrected chi connectivity index (χ2v) is 3.13. The highest BCUT2D eigenvalue weighted by molar-refractivity contribution is 5.88. The van der Waals surface area contributed by atoms with Crippen LogP contribution in [0, 0.1) is 6.92 Å². The quantitative estimate of drug-likeness (QED) is 0.734. The maximum absolute atomic E-state index is 11.3. The standard InChI is InChI=1S/C9H15N3O2/c1-4-5-6-12(8(3)13)9-11-10-7(2)14-9/h4-6H2,1-3H3. The van der Waals surface area contributed by atoms with Gasteiger partial charge < -0.3 is 4.42 Å². The fraction of sp³-hybridized carbons (Fsp3) is 0.667. The molecule has 0 unspecified atom stereocenters. The van der Waals surface area contributed by atoms with Gasteiger partial charge in [0.25, 0.3) is 0 Å². The van der Waals surface area contributed by atoms with Crippen LogP contribution in [0.4, 0.5) is 6.01 Å². The van der Waals surface area contributed by atoms with Crippen LogP contribution in [0.2, 0.25) is 0 Å². The number of aromatic nitrogens is 2. The van der Waals surface area contributed by atoms with E-state index in [4.69, 9.17) is 4.42 Å². The van der Waals surface area contributed by atoms with Crippen molar-refractivity contribution >= 4 is 11.9 Å². The smallest absolute Gasteiger partial charge is 0.324 e. The minimum atomic E-state index is -0.0675. The van der Waals surface area contributed by atoms with Crippen molar-refractivity contribution in [2.75, 3.05) is 11.4 Å². The third kappa shape index (κ3) is 2.55. The SMILES string of the molecule is CCCCN(C(C)=O)c1nnc(C)o1. The van der Waals surface area contributed by atoms with Gasteiger partial charge in [0.15, 0.2) is 0 Å². The first-order valence-electron chi connectivity index (χ1n) is 4.73. The van der Waals surface area contributed by atoms with Crippen molar-refractivity contribution in [2.24, 2.45) is 0 Å². The minimum absolute atomic E-state index is 0.0675. The summed E-state index contributed by atoms with van der Waals surface area (Å²) < 4.78 is 5.19. The number of rotatable bonds is 4. The van der Waals surface area contributed by atoms with Gasteiger partial charge in [-0.05, 0) is 6.42 Å². The zero-order valence-corrected chi connectivity index (χ0v) is 8.78. The molecule has 0 aliphatic rings. The lowest BCUT2D eigenvalue weighted by Gasteiger charge is -2.14. The minimum Gasteiger partial charge on any atom is -0.408 e. The Balaban J connectivity index is 2.72. The van der Waals surface area contributed by atoms with Crippen molar-refractivity contribution in [3.63, 3.8) is 0 Å². The lowest BCUT2D eigenvalue weighted by Crippen LogP contribution is -2.29. The molecule has 0 N–H and O–H groups in total. The van der Waals surface area contributed by atoms with Gasteiger partial charge in [0.05, 0.1) is 0 Å². The molecule has 0 atom stereocenters. The summed E-state index contributed by atoms with van der Waals surface area (Å²) in [6, 6.07) is 0.295. The average Bonchev–Trinajstić information content (AvgIpc) is 2.52. The average molecular weight is 197 g/mol. The Morgan fingerprint density at radius 2 is 2.21 bits per heavy atom. The molecule has 78 valence electrons. The molecule has 1 heterocycles. The lowest BCUT2D eigenvalue weighted by atomic mass is 10.3. The Morgan fingerprint density at radius 3 is 2.64 bits per heavy atom. The van der Waals surface area contributed by atoms with Crippen molar-refractivity contribution in [1.82, 2.24) is 10.2 Å². The molecule has 5 nitrogen and oxygen atoms in total. The summed E-state index contributed by atoms with van der Waals surface area (Å²) in [5.74, 6) is 0.407. The second-order valence-electron chi connectivity index (χ2n) is 3.13. The molecular weight excluding hydrogens is 182 g/mol. The fourth-order valence-electron chi connectivity index (χ4n) is 1.10. The van der Waals surface area contributed by atoms with Crippen LogP contribution in [0.5, 0.6) is 0 Å². The fourth-order valence-corrected chi connectivity index (χ4v) is 1.10. The third-order valence-electron chi connectivity index (χ3n) is 1.86. The van der Waals surface area contributed by atoms with Crippen molar-refractivity contribution in [3.8, 4) is 0 Å². The van der Waals surface area contributed by atoms with E-state index in [1.807, 2.05) is 0 Å². The van der Waals surface area contributed by atoms with Crippen LogP contribution in [0.25, 0.3) is 0 Å². The Labute approximate surface area is 83.1 Å². The number of aryl methyl sites for hydroxylation is 1. The van der Waals surface area contributed by atoms with Gasteiger partial charge in [-0.1, -0.05) is 18.4 Å². The van der Waals surface area contributed by atoms with Crippen LogP contribution in [-0.2, 0) is 4.79 Å². The van der Waals surface area contributed by atoms with Crippen LogP contribution in [0.15, 0.2) is 4.42 Å². The van der Waals surface area contributed by atoms with Crippen LogP contribution in [0.1, 0.15) is 32.6 Å². The summed E-state index contributed by atoms with van der Waals surface area (Å²) >= 11 is 0. The topological polar surface area (TPSA) is 59.2 Å². The summed E-state index contributed by atoms with van der Waals surface area (Å²) in [4.78, 5) is 12.8. The predicted octanol–water partition coefficient (Wildman–Crippen LogP) is 1.53. The molecule has 0 saturated carbocycles. The Hall–Kier alpha value is -1.39. The van der Waals surface area contributed by atoms with Gasteiger partial charge in [0.2, 0.25) is 11.8 Å². The number of hydrogen-bond donors (Lipinski definition) is 0. The van der Waals surface area contributed by atoms with Gasteiger partial charge in [0.1, 0.15) is 0 Å². The van der Waals surface area contributed by atoms with Gasteiger partial charge in [-0.3, -0.25) is 9.69 Å². The summed E-state index contributed by atoms with van der Waals surface area (Å²) in [7, 11) is 0. The number of anilines is 1. The molecule has 14 heavy (non-hydrogen) atoms. The van der Waals surface area contributed by atoms with Crippen LogP contribution < -0.4 is 4.90 Å². The molecule has 1 aromatic rings. The molecule has 0 aliphatic heterocycles. The number of amides is 1. The first kappa shape index (κ1) is 10.7. The van der Waals surface area contributed by atoms with E-state index >= 15 is 0 Å². The molecule has 0 bridgehead atoms. The normalized spacial score (nSPS) is 10.2. The number of carbonyl (C=O) groups is 1. The highest BCUT2D eigenvalue weighted by Crippen LogP contribution is 2.12. The van der Waals surface area contributed by atoms with E-state index in [0.29, 0.717) is 18.5 Å². The second kappa shape index (κ2) is 4.74. The maximum atomic E-state index is 11.3. The Morgan fingerprint density at radius 1 is 1.50 bits per heavy atom. The van der Waals surface area contributed by atoms with Crippen molar-refractivity contribution in [2.45, 2.75) is 33.6 Å². The van der Waals surface area contributed by atoms with Gasteiger partial charge in [-0.25, -0.2) is 0 Å². The molecule has 0 aromatic carbocycles. The van der Waals surface area contributed by atoms with Crippen molar-refractivity contribution in [1.29, 1.82) is 0 Å². The molecule has 0 fully saturated rings. The van der Waals surface area contributed by atoms with Gasteiger partial charge in [0, 0.05) is 20.4 Å². The zero-order valence-electron chi connectivity index (χ0n) is 8.78. The molecule has 1 aromatic heterocycles. The van der Waals surface area contributed by atoms with Crippen LogP contribution in [0.3, 0.4) is 0 Å². The molecular formula is C9H15N3O2. The van der Waals surface area contributed by atoms with Crippen LogP contribution in [-0.4, -0.2) is 22.6 Å². The molecule has 0 spiro atoms. The molecule has 1 amide bonds. The predicted molar refractivity (Wildman–Crippen MR) is 52.0 cm³/mol. The molecule has 5 heteroatoms. The first-order valence-corrected chi connectivity index (χ1v) is 4.73. The van der Waals surface area contributed by atoms with E-state index in [1.54, 1.807) is 6.92 Å². The van der Waals surface area contributed by atoms with Gasteiger partial charge in [-0.2, -0.15) is 0 Å². The molecule has 1 rings (SSSR count). The Bertz CT molecular complexity index is 309. The summed E-state index contributed by atoms with van der Waals surface area (Å²) in [6.07, 6.45) is 1.96. The Kier molecular flexibility index (Phi) is 3.62. The van der Waals surface area contributed by atoms with E-state index < -0.39 is 0 Å². The van der Waals surface area contributed by atoms with E-state index in [9.17, 15) is 4.79 Å². The molecule has 0 radical (unpaired) electrons. The maximum Gasteiger partial charge on any atom is 0.324 e. The highest BCUT2D eigenvalue weighted by Gasteiger charge is 2.16. The van der Waals surface area contributed by atoms with Crippen LogP contribution >= 0.6 is 0 Å². The number of hydrogen-bond acceptors (Lipinski definition) is 4. The summed E-state index contributed by atoms with van der Waals surface area (Å²) in [5.41, 5.74) is 0. The van der Waals surface area contributed by atoms with Crippen molar-refractivity contribution in [3.05, 3.63) is 5.89 Å². The van der Waals surface area contributed by atoms with Crippen molar-refractivity contribution < 1.29 is 9.21 Å². The zero-order chi connectivity index (χ0) is 10.6. The molecule has 0 aliphatic carbocycles. The van der Waals surface area contributed by atoms with E-state index in [-0.39, 0.29) is 5.91 Å². The first-order chi connectivity index (χ1) is 6.65. The molecule has 0 saturated heterocycles. The summed E-state index contributed by atoms with van der Waals surface area (Å²) in [6.45, 7) is 5.90. The lowest BCUT2D eigenvalue weighted by molar-refractivity contribution is -0.116. The monoisotopic (exact) mass is 197 g/mol.